The molecule has 3 fully saturated rings. The quantitative estimate of drug-likeness (QED) is 0.162. The number of hydrogen-bond acceptors (Lipinski definition) is 2. The molecule has 1 aromatic heterocycles. The SMILES string of the molecule is C=CC1C[N+]2(Cc3c4ccccc4cc4ccccc34)CCC1CC2[C@H](O)c1ccnc2ccccc12. The number of fused-ring (bicyclic) bond motifs is 6. The number of quaternary nitrogens is 1. The van der Waals surface area contributed by atoms with Gasteiger partial charge in [0.1, 0.15) is 18.7 Å². The van der Waals surface area contributed by atoms with E-state index in [1.807, 2.05) is 30.5 Å². The first-order valence-corrected chi connectivity index (χ1v) is 13.6. The molecule has 3 heteroatoms. The molecule has 4 unspecified atom stereocenters. The van der Waals surface area contributed by atoms with Crippen molar-refractivity contribution < 1.29 is 9.59 Å². The van der Waals surface area contributed by atoms with Gasteiger partial charge in [0.25, 0.3) is 0 Å². The number of pyridine rings is 1. The van der Waals surface area contributed by atoms with E-state index in [1.165, 1.54) is 33.5 Å². The second-order valence-corrected chi connectivity index (χ2v) is 11.2. The van der Waals surface area contributed by atoms with Gasteiger partial charge in [0.15, 0.2) is 0 Å². The van der Waals surface area contributed by atoms with Gasteiger partial charge in [0, 0.05) is 35.9 Å². The maximum Gasteiger partial charge on any atom is 0.131 e. The van der Waals surface area contributed by atoms with Crippen molar-refractivity contribution in [2.75, 3.05) is 13.1 Å². The third-order valence-corrected chi connectivity index (χ3v) is 9.40. The van der Waals surface area contributed by atoms with Crippen LogP contribution in [0.3, 0.4) is 0 Å². The Labute approximate surface area is 218 Å². The summed E-state index contributed by atoms with van der Waals surface area (Å²) in [6.45, 7) is 7.28. The van der Waals surface area contributed by atoms with Crippen LogP contribution < -0.4 is 0 Å². The van der Waals surface area contributed by atoms with Crippen molar-refractivity contribution in [1.29, 1.82) is 0 Å². The number of aliphatic hydroxyl groups is 1. The van der Waals surface area contributed by atoms with E-state index in [9.17, 15) is 5.11 Å². The van der Waals surface area contributed by atoms with Crippen LogP contribution in [0.2, 0.25) is 0 Å². The van der Waals surface area contributed by atoms with Crippen LogP contribution in [0, 0.1) is 11.8 Å². The first kappa shape index (κ1) is 22.7. The summed E-state index contributed by atoms with van der Waals surface area (Å²) in [5, 5.41) is 18.4. The van der Waals surface area contributed by atoms with Gasteiger partial charge in [-0.3, -0.25) is 4.98 Å². The zero-order valence-electron chi connectivity index (χ0n) is 21.1. The van der Waals surface area contributed by atoms with E-state index < -0.39 is 6.10 Å². The summed E-state index contributed by atoms with van der Waals surface area (Å²) >= 11 is 0. The first-order chi connectivity index (χ1) is 18.2. The standard InChI is InChI=1S/C34H33N2O/c1-2-23-21-36(22-31-27-11-5-3-9-25(27)19-26-10-4-6-12-28(26)31)18-16-24(23)20-33(36)34(37)30-15-17-35-32-14-8-7-13-29(30)32/h2-15,17,19,23-24,33-34,37H,1,16,18,20-22H2/q+1/t23?,24?,33?,34-,36?/m1/s1. The molecule has 4 heterocycles. The summed E-state index contributed by atoms with van der Waals surface area (Å²) in [6, 6.07) is 30.3. The molecular formula is C34H33N2O+. The fraction of sp³-hybridized carbons (Fsp3) is 0.265. The van der Waals surface area contributed by atoms with Gasteiger partial charge in [0.2, 0.25) is 0 Å². The molecule has 0 spiro atoms. The molecule has 8 rings (SSSR count). The van der Waals surface area contributed by atoms with Crippen LogP contribution in [-0.2, 0) is 6.54 Å². The number of aliphatic hydroxyl groups excluding tert-OH is 1. The Morgan fingerprint density at radius 3 is 2.32 bits per heavy atom. The van der Waals surface area contributed by atoms with Crippen LogP contribution in [0.5, 0.6) is 0 Å². The Kier molecular flexibility index (Phi) is 5.38. The Bertz CT molecular complexity index is 1580. The number of para-hydroxylation sites is 1. The Balaban J connectivity index is 1.39. The van der Waals surface area contributed by atoms with Crippen LogP contribution in [-0.4, -0.2) is 33.7 Å². The molecule has 184 valence electrons. The van der Waals surface area contributed by atoms with E-state index in [-0.39, 0.29) is 6.04 Å². The molecule has 0 saturated carbocycles. The van der Waals surface area contributed by atoms with Crippen molar-refractivity contribution in [3.05, 3.63) is 115 Å². The minimum absolute atomic E-state index is 0.137. The highest BCUT2D eigenvalue weighted by atomic mass is 16.3. The van der Waals surface area contributed by atoms with Gasteiger partial charge in [-0.05, 0) is 51.2 Å². The molecule has 0 radical (unpaired) electrons. The molecular weight excluding hydrogens is 452 g/mol. The molecule has 0 aliphatic carbocycles. The lowest BCUT2D eigenvalue weighted by Crippen LogP contribution is -2.67. The van der Waals surface area contributed by atoms with E-state index in [1.54, 1.807) is 0 Å². The Morgan fingerprint density at radius 2 is 1.59 bits per heavy atom. The molecule has 2 bridgehead atoms. The first-order valence-electron chi connectivity index (χ1n) is 13.6. The average Bonchev–Trinajstić information content (AvgIpc) is 2.96. The third-order valence-electron chi connectivity index (χ3n) is 9.40. The Morgan fingerprint density at radius 1 is 0.919 bits per heavy atom. The molecule has 5 atom stereocenters. The third kappa shape index (κ3) is 3.60. The highest BCUT2D eigenvalue weighted by Gasteiger charge is 2.54. The van der Waals surface area contributed by atoms with E-state index in [0.717, 1.165) is 47.0 Å². The number of benzene rings is 4. The number of piperidine rings is 3. The van der Waals surface area contributed by atoms with Gasteiger partial charge in [-0.1, -0.05) is 72.8 Å². The summed E-state index contributed by atoms with van der Waals surface area (Å²) in [5.41, 5.74) is 3.37. The maximum absolute atomic E-state index is 12.1. The number of hydrogen-bond donors (Lipinski definition) is 1. The van der Waals surface area contributed by atoms with Gasteiger partial charge in [-0.2, -0.15) is 0 Å². The molecule has 0 amide bonds. The molecule has 1 N–H and O–H groups in total. The van der Waals surface area contributed by atoms with E-state index in [0.29, 0.717) is 11.8 Å². The second kappa shape index (κ2) is 8.79. The maximum atomic E-state index is 12.1. The van der Waals surface area contributed by atoms with E-state index >= 15 is 0 Å². The van der Waals surface area contributed by atoms with Crippen molar-refractivity contribution in [2.45, 2.75) is 31.5 Å². The normalized spacial score (nSPS) is 26.0. The van der Waals surface area contributed by atoms with E-state index in [4.69, 9.17) is 0 Å². The van der Waals surface area contributed by atoms with Crippen LogP contribution in [0.1, 0.15) is 30.1 Å². The van der Waals surface area contributed by atoms with Crippen LogP contribution in [0.15, 0.2) is 104 Å². The molecule has 4 aromatic carbocycles. The molecule has 3 nitrogen and oxygen atoms in total. The van der Waals surface area contributed by atoms with Gasteiger partial charge >= 0.3 is 0 Å². The average molecular weight is 486 g/mol. The van der Waals surface area contributed by atoms with Gasteiger partial charge < -0.3 is 9.59 Å². The van der Waals surface area contributed by atoms with Crippen molar-refractivity contribution in [3.8, 4) is 0 Å². The number of nitrogens with zero attached hydrogens (tertiary/aromatic N) is 2. The monoisotopic (exact) mass is 485 g/mol. The predicted octanol–water partition coefficient (Wildman–Crippen LogP) is 7.19. The predicted molar refractivity (Wildman–Crippen MR) is 152 cm³/mol. The Hall–Kier alpha value is -3.53. The van der Waals surface area contributed by atoms with Gasteiger partial charge in [-0.25, -0.2) is 0 Å². The summed E-state index contributed by atoms with van der Waals surface area (Å²) < 4.78 is 0.906. The zero-order chi connectivity index (χ0) is 25.0. The van der Waals surface area contributed by atoms with Crippen molar-refractivity contribution in [2.24, 2.45) is 11.8 Å². The molecule has 37 heavy (non-hydrogen) atoms. The van der Waals surface area contributed by atoms with Crippen molar-refractivity contribution in [3.63, 3.8) is 0 Å². The largest absolute Gasteiger partial charge is 0.382 e. The van der Waals surface area contributed by atoms with Crippen molar-refractivity contribution >= 4 is 32.4 Å². The lowest BCUT2D eigenvalue weighted by Gasteiger charge is -2.58. The molecule has 3 saturated heterocycles. The minimum atomic E-state index is -0.539. The summed E-state index contributed by atoms with van der Waals surface area (Å²) in [6.07, 6.45) is 5.72. The minimum Gasteiger partial charge on any atom is -0.382 e. The summed E-state index contributed by atoms with van der Waals surface area (Å²) in [5.74, 6) is 1.09. The van der Waals surface area contributed by atoms with Crippen LogP contribution in [0.4, 0.5) is 0 Å². The zero-order valence-corrected chi connectivity index (χ0v) is 21.1. The molecule has 3 aliphatic rings. The van der Waals surface area contributed by atoms with E-state index in [2.05, 4.69) is 78.3 Å². The van der Waals surface area contributed by atoms with Gasteiger partial charge in [0.05, 0.1) is 18.6 Å². The second-order valence-electron chi connectivity index (χ2n) is 11.2. The fourth-order valence-corrected chi connectivity index (χ4v) is 7.56. The molecule has 3 aliphatic heterocycles. The summed E-state index contributed by atoms with van der Waals surface area (Å²) in [4.78, 5) is 4.57. The fourth-order valence-electron chi connectivity index (χ4n) is 7.56. The summed E-state index contributed by atoms with van der Waals surface area (Å²) in [7, 11) is 0. The van der Waals surface area contributed by atoms with Crippen molar-refractivity contribution in [1.82, 2.24) is 4.98 Å². The van der Waals surface area contributed by atoms with Gasteiger partial charge in [-0.15, -0.1) is 6.58 Å². The number of aromatic nitrogens is 1. The molecule has 5 aromatic rings. The lowest BCUT2D eigenvalue weighted by molar-refractivity contribution is -0.984. The van der Waals surface area contributed by atoms with Crippen LogP contribution in [0.25, 0.3) is 32.4 Å². The highest BCUT2D eigenvalue weighted by Crippen LogP contribution is 2.49. The topological polar surface area (TPSA) is 33.1 Å². The lowest BCUT2D eigenvalue weighted by atomic mass is 9.71. The van der Waals surface area contributed by atoms with Crippen LogP contribution >= 0.6 is 0 Å². The smallest absolute Gasteiger partial charge is 0.131 e. The highest BCUT2D eigenvalue weighted by molar-refractivity contribution is 6.02. The number of rotatable bonds is 5.